The molecular weight excluding hydrogens is 464 g/mol. The summed E-state index contributed by atoms with van der Waals surface area (Å²) in [7, 11) is 0. The van der Waals surface area contributed by atoms with Crippen molar-refractivity contribution in [2.75, 3.05) is 0 Å². The summed E-state index contributed by atoms with van der Waals surface area (Å²) in [4.78, 5) is 12.5. The van der Waals surface area contributed by atoms with Gasteiger partial charge in [-0.2, -0.15) is 13.2 Å². The van der Waals surface area contributed by atoms with Crippen molar-refractivity contribution in [3.8, 4) is 23.8 Å². The first kappa shape index (κ1) is 25.6. The van der Waals surface area contributed by atoms with E-state index in [-0.39, 0.29) is 5.56 Å². The van der Waals surface area contributed by atoms with Crippen LogP contribution in [0.25, 0.3) is 0 Å². The first-order valence-corrected chi connectivity index (χ1v) is 10.3. The molecule has 0 heterocycles. The molecule has 32 heavy (non-hydrogen) atoms. The van der Waals surface area contributed by atoms with E-state index in [0.717, 1.165) is 0 Å². The molecule has 0 fully saturated rings. The smallest absolute Gasteiger partial charge is 0.396 e. The minimum Gasteiger partial charge on any atom is -0.481 e. The van der Waals surface area contributed by atoms with Crippen molar-refractivity contribution in [3.63, 3.8) is 0 Å². The number of rotatable bonds is 8. The average molecular weight is 485 g/mol. The molecule has 0 aliphatic rings. The Balaban J connectivity index is 2.70. The Morgan fingerprint density at radius 1 is 1.09 bits per heavy atom. The number of terminal acetylenes is 1. The van der Waals surface area contributed by atoms with E-state index in [0.29, 0.717) is 17.6 Å². The van der Waals surface area contributed by atoms with E-state index in [9.17, 15) is 23.1 Å². The molecule has 0 spiro atoms. The Kier molecular flexibility index (Phi) is 8.28. The number of halogens is 5. The van der Waals surface area contributed by atoms with E-state index in [4.69, 9.17) is 34.4 Å². The number of carboxylic acids is 1. The molecule has 1 N–H and O–H groups in total. The van der Waals surface area contributed by atoms with Crippen LogP contribution in [0.4, 0.5) is 13.2 Å². The predicted octanol–water partition coefficient (Wildman–Crippen LogP) is 7.42. The molecule has 2 aromatic rings. The molecule has 3 atom stereocenters. The Morgan fingerprint density at radius 2 is 1.69 bits per heavy atom. The number of carbonyl (C=O) groups is 1. The average Bonchev–Trinajstić information content (AvgIpc) is 2.70. The monoisotopic (exact) mass is 484 g/mol. The fourth-order valence-corrected chi connectivity index (χ4v) is 4.15. The number of carboxylic acid groups (broad SMARTS) is 1. The molecule has 0 aliphatic heterocycles. The summed E-state index contributed by atoms with van der Waals surface area (Å²) in [5.74, 6) is -3.69. The zero-order valence-corrected chi connectivity index (χ0v) is 18.7. The lowest BCUT2D eigenvalue weighted by atomic mass is 9.58. The Hall–Kier alpha value is -2.62. The van der Waals surface area contributed by atoms with Crippen LogP contribution in [0.15, 0.2) is 65.2 Å². The van der Waals surface area contributed by atoms with Gasteiger partial charge in [0.25, 0.3) is 0 Å². The third-order valence-corrected chi connectivity index (χ3v) is 5.55. The Bertz CT molecular complexity index is 1010. The van der Waals surface area contributed by atoms with Gasteiger partial charge in [0.15, 0.2) is 0 Å². The highest BCUT2D eigenvalue weighted by Gasteiger charge is 2.62. The van der Waals surface area contributed by atoms with Crippen molar-refractivity contribution in [2.45, 2.75) is 25.9 Å². The molecule has 0 saturated carbocycles. The molecule has 0 aliphatic carbocycles. The molecule has 0 amide bonds. The number of hydrogen-bond donors (Lipinski definition) is 1. The second-order valence-electron chi connectivity index (χ2n) is 7.46. The highest BCUT2D eigenvalue weighted by atomic mass is 35.5. The van der Waals surface area contributed by atoms with Crippen LogP contribution in [-0.2, 0) is 4.79 Å². The summed E-state index contributed by atoms with van der Waals surface area (Å²) >= 11 is 11.1. The molecule has 2 rings (SSSR count). The van der Waals surface area contributed by atoms with E-state index >= 15 is 0 Å². The largest absolute Gasteiger partial charge is 0.481 e. The maximum atomic E-state index is 14.2. The number of para-hydroxylation sites is 1. The van der Waals surface area contributed by atoms with Gasteiger partial charge in [-0.1, -0.05) is 73.3 Å². The van der Waals surface area contributed by atoms with Crippen LogP contribution in [0, 0.1) is 29.6 Å². The zero-order valence-electron chi connectivity index (χ0n) is 17.2. The lowest BCUT2D eigenvalue weighted by molar-refractivity contribution is -0.211. The fourth-order valence-electron chi connectivity index (χ4n) is 3.90. The van der Waals surface area contributed by atoms with Crippen molar-refractivity contribution in [2.24, 2.45) is 17.3 Å². The minimum absolute atomic E-state index is 0.186. The van der Waals surface area contributed by atoms with Crippen LogP contribution < -0.4 is 4.74 Å². The van der Waals surface area contributed by atoms with Crippen molar-refractivity contribution in [1.82, 2.24) is 0 Å². The molecule has 0 bridgehead atoms. The molecule has 3 unspecified atom stereocenters. The van der Waals surface area contributed by atoms with Gasteiger partial charge in [-0.05, 0) is 41.8 Å². The van der Waals surface area contributed by atoms with Crippen molar-refractivity contribution in [1.29, 1.82) is 0 Å². The lowest BCUT2D eigenvalue weighted by Crippen LogP contribution is -2.52. The third-order valence-electron chi connectivity index (χ3n) is 5.30. The second-order valence-corrected chi connectivity index (χ2v) is 8.46. The van der Waals surface area contributed by atoms with Gasteiger partial charge in [0.2, 0.25) is 0 Å². The number of hydrogen-bond acceptors (Lipinski definition) is 2. The fraction of sp³-hybridized carbons (Fsp3) is 0.292. The number of allylic oxidation sites excluding steroid dienone is 1. The summed E-state index contributed by atoms with van der Waals surface area (Å²) in [6.45, 7) is 2.75. The highest BCUT2D eigenvalue weighted by molar-refractivity contribution is 6.55. The Morgan fingerprint density at radius 3 is 2.16 bits per heavy atom. The highest BCUT2D eigenvalue weighted by Crippen LogP contribution is 2.55. The van der Waals surface area contributed by atoms with Gasteiger partial charge in [-0.3, -0.25) is 4.79 Å². The topological polar surface area (TPSA) is 46.5 Å². The van der Waals surface area contributed by atoms with E-state index in [1.54, 1.807) is 36.4 Å². The first-order chi connectivity index (χ1) is 14.9. The van der Waals surface area contributed by atoms with Gasteiger partial charge in [-0.25, -0.2) is 0 Å². The van der Waals surface area contributed by atoms with Gasteiger partial charge in [0.1, 0.15) is 21.4 Å². The van der Waals surface area contributed by atoms with Crippen LogP contribution in [0.5, 0.6) is 11.5 Å². The number of aliphatic carboxylic acids is 1. The first-order valence-electron chi connectivity index (χ1n) is 9.56. The van der Waals surface area contributed by atoms with Crippen LogP contribution in [0.1, 0.15) is 25.3 Å². The number of ether oxygens (including phenoxy) is 1. The molecule has 3 nitrogen and oxygen atoms in total. The van der Waals surface area contributed by atoms with Crippen molar-refractivity contribution < 1.29 is 27.8 Å². The molecule has 8 heteroatoms. The van der Waals surface area contributed by atoms with Crippen LogP contribution in [0.2, 0.25) is 0 Å². The van der Waals surface area contributed by atoms with Gasteiger partial charge in [-0.15, -0.1) is 6.42 Å². The predicted molar refractivity (Wildman–Crippen MR) is 119 cm³/mol. The van der Waals surface area contributed by atoms with Crippen LogP contribution >= 0.6 is 23.2 Å². The van der Waals surface area contributed by atoms with E-state index < -0.39 is 39.8 Å². The number of benzene rings is 2. The Labute approximate surface area is 194 Å². The molecule has 0 saturated heterocycles. The molecule has 170 valence electrons. The quantitative estimate of drug-likeness (QED) is 0.396. The van der Waals surface area contributed by atoms with Crippen LogP contribution in [-0.4, -0.2) is 17.3 Å². The lowest BCUT2D eigenvalue weighted by Gasteiger charge is -2.43. The molecule has 2 aromatic carbocycles. The second kappa shape index (κ2) is 10.3. The number of alkyl halides is 3. The van der Waals surface area contributed by atoms with Gasteiger partial charge >= 0.3 is 12.1 Å². The summed E-state index contributed by atoms with van der Waals surface area (Å²) in [5, 5.41) is 10.2. The van der Waals surface area contributed by atoms with Gasteiger partial charge < -0.3 is 9.84 Å². The van der Waals surface area contributed by atoms with E-state index in [2.05, 4.69) is 5.92 Å². The summed E-state index contributed by atoms with van der Waals surface area (Å²) in [6, 6.07) is 14.8. The molecule has 0 radical (unpaired) electrons. The van der Waals surface area contributed by atoms with Crippen molar-refractivity contribution in [3.05, 3.63) is 70.7 Å². The summed E-state index contributed by atoms with van der Waals surface area (Å²) in [6.07, 6.45) is 1.18. The zero-order chi connectivity index (χ0) is 24.1. The standard InChI is InChI=1S/C24H21Cl2F3O3/c1-4-19(16-9-8-12-18(13-16)32-17-10-6-5-7-11-17)23(15(2)3,22(30)31)20(14-21(25)26)24(27,28)29/h1,5-15,19-20H,2-3H3,(H,30,31). The van der Waals surface area contributed by atoms with E-state index in [1.807, 2.05) is 0 Å². The van der Waals surface area contributed by atoms with E-state index in [1.165, 1.54) is 32.0 Å². The van der Waals surface area contributed by atoms with Gasteiger partial charge in [0.05, 0.1) is 11.8 Å². The molecule has 0 aromatic heterocycles. The maximum Gasteiger partial charge on any atom is 0.396 e. The van der Waals surface area contributed by atoms with Crippen LogP contribution in [0.3, 0.4) is 0 Å². The minimum atomic E-state index is -4.98. The normalized spacial score (nSPS) is 15.2. The van der Waals surface area contributed by atoms with Crippen molar-refractivity contribution >= 4 is 29.2 Å². The third kappa shape index (κ3) is 5.40. The summed E-state index contributed by atoms with van der Waals surface area (Å²) < 4.78 is 47.5. The van der Waals surface area contributed by atoms with Gasteiger partial charge in [0, 0.05) is 0 Å². The SMILES string of the molecule is C#CC(c1cccc(Oc2ccccc2)c1)C(C(=O)O)(C(C)C)C(C=C(Cl)Cl)C(F)(F)F. The maximum absolute atomic E-state index is 14.2. The molecular formula is C24H21Cl2F3O3. The summed E-state index contributed by atoms with van der Waals surface area (Å²) in [5.41, 5.74) is -2.31.